The highest BCUT2D eigenvalue weighted by molar-refractivity contribution is 14.0. The molecule has 0 atom stereocenters. The number of halogens is 1. The molecule has 0 radical (unpaired) electrons. The highest BCUT2D eigenvalue weighted by atomic mass is 127. The first-order valence-corrected chi connectivity index (χ1v) is 9.18. The van der Waals surface area contributed by atoms with Crippen LogP contribution in [0.15, 0.2) is 52.1 Å². The Bertz CT molecular complexity index is 681. The minimum absolute atomic E-state index is 0. The number of likely N-dealkylation sites (tertiary alicyclic amines) is 1. The monoisotopic (exact) mass is 484 g/mol. The number of piperidine rings is 1. The second-order valence-electron chi connectivity index (χ2n) is 6.68. The molecule has 2 aromatic rings. The average Bonchev–Trinajstić information content (AvgIpc) is 3.18. The molecule has 1 fully saturated rings. The molecule has 1 aliphatic rings. The lowest BCUT2D eigenvalue weighted by atomic mass is 10.1. The molecule has 0 bridgehead atoms. The van der Waals surface area contributed by atoms with Crippen molar-refractivity contribution >= 4 is 29.9 Å². The molecule has 1 aliphatic heterocycles. The molecule has 3 N–H and O–H groups in total. The predicted octanol–water partition coefficient (Wildman–Crippen LogP) is 2.72. The van der Waals surface area contributed by atoms with E-state index in [1.807, 2.05) is 12.1 Å². The Kier molecular flexibility index (Phi) is 9.09. The van der Waals surface area contributed by atoms with Crippen LogP contribution in [0.25, 0.3) is 0 Å². The first-order chi connectivity index (χ1) is 12.7. The van der Waals surface area contributed by atoms with Gasteiger partial charge in [0.25, 0.3) is 0 Å². The lowest BCUT2D eigenvalue weighted by Gasteiger charge is -2.29. The molecule has 27 heavy (non-hydrogen) atoms. The Morgan fingerprint density at radius 1 is 1.11 bits per heavy atom. The van der Waals surface area contributed by atoms with Crippen molar-refractivity contribution < 1.29 is 9.52 Å². The normalized spacial score (nSPS) is 16.0. The summed E-state index contributed by atoms with van der Waals surface area (Å²) in [4.78, 5) is 6.63. The third kappa shape index (κ3) is 7.15. The highest BCUT2D eigenvalue weighted by Gasteiger charge is 2.16. The summed E-state index contributed by atoms with van der Waals surface area (Å²) in [7, 11) is 1.76. The van der Waals surface area contributed by atoms with Crippen LogP contribution in [0.4, 0.5) is 0 Å². The first-order valence-electron chi connectivity index (χ1n) is 9.18. The van der Waals surface area contributed by atoms with E-state index in [0.29, 0.717) is 13.1 Å². The number of benzene rings is 1. The quantitative estimate of drug-likeness (QED) is 0.334. The summed E-state index contributed by atoms with van der Waals surface area (Å²) in [5.74, 6) is 1.62. The van der Waals surface area contributed by atoms with Crippen molar-refractivity contribution in [1.29, 1.82) is 0 Å². The third-order valence-electron chi connectivity index (χ3n) is 4.68. The maximum Gasteiger partial charge on any atom is 0.191 e. The van der Waals surface area contributed by atoms with Gasteiger partial charge in [-0.3, -0.25) is 9.89 Å². The van der Waals surface area contributed by atoms with Gasteiger partial charge < -0.3 is 20.2 Å². The Morgan fingerprint density at radius 2 is 1.78 bits per heavy atom. The topological polar surface area (TPSA) is 73.0 Å². The van der Waals surface area contributed by atoms with Crippen LogP contribution in [-0.4, -0.2) is 42.2 Å². The largest absolute Gasteiger partial charge is 0.467 e. The van der Waals surface area contributed by atoms with Crippen LogP contribution in [0, 0.1) is 0 Å². The number of aliphatic hydroxyl groups is 1. The van der Waals surface area contributed by atoms with Crippen LogP contribution in [0.2, 0.25) is 0 Å². The van der Waals surface area contributed by atoms with Gasteiger partial charge in [-0.05, 0) is 36.1 Å². The molecule has 0 amide bonds. The fourth-order valence-electron chi connectivity index (χ4n) is 3.09. The SMILES string of the molecule is CN=C(NCc1ccc(CN2CCC(O)CC2)cc1)NCc1ccco1.I. The van der Waals surface area contributed by atoms with Crippen LogP contribution in [-0.2, 0) is 19.6 Å². The molecule has 0 spiro atoms. The van der Waals surface area contributed by atoms with Crippen molar-refractivity contribution in [3.05, 3.63) is 59.5 Å². The van der Waals surface area contributed by atoms with E-state index >= 15 is 0 Å². The van der Waals surface area contributed by atoms with Gasteiger partial charge in [-0.25, -0.2) is 0 Å². The summed E-state index contributed by atoms with van der Waals surface area (Å²) in [6.07, 6.45) is 3.31. The van der Waals surface area contributed by atoms with E-state index in [1.54, 1.807) is 13.3 Å². The summed E-state index contributed by atoms with van der Waals surface area (Å²) >= 11 is 0. The van der Waals surface area contributed by atoms with Crippen LogP contribution >= 0.6 is 24.0 Å². The van der Waals surface area contributed by atoms with E-state index < -0.39 is 0 Å². The maximum absolute atomic E-state index is 9.59. The zero-order valence-corrected chi connectivity index (χ0v) is 18.1. The zero-order chi connectivity index (χ0) is 18.2. The number of nitrogens with zero attached hydrogens (tertiary/aromatic N) is 2. The van der Waals surface area contributed by atoms with Gasteiger partial charge in [0, 0.05) is 33.2 Å². The minimum atomic E-state index is -0.115. The number of furan rings is 1. The fourth-order valence-corrected chi connectivity index (χ4v) is 3.09. The van der Waals surface area contributed by atoms with E-state index in [4.69, 9.17) is 4.42 Å². The van der Waals surface area contributed by atoms with E-state index in [0.717, 1.165) is 44.2 Å². The van der Waals surface area contributed by atoms with Crippen LogP contribution in [0.1, 0.15) is 29.7 Å². The molecule has 0 saturated carbocycles. The summed E-state index contributed by atoms with van der Waals surface area (Å²) < 4.78 is 5.31. The third-order valence-corrected chi connectivity index (χ3v) is 4.68. The van der Waals surface area contributed by atoms with Crippen molar-refractivity contribution in [2.24, 2.45) is 4.99 Å². The number of aliphatic hydroxyl groups excluding tert-OH is 1. The summed E-state index contributed by atoms with van der Waals surface area (Å²) in [5.41, 5.74) is 2.52. The fraction of sp³-hybridized carbons (Fsp3) is 0.450. The molecule has 1 aromatic heterocycles. The van der Waals surface area contributed by atoms with Crippen LogP contribution in [0.5, 0.6) is 0 Å². The Labute approximate surface area is 178 Å². The Morgan fingerprint density at radius 3 is 2.41 bits per heavy atom. The lowest BCUT2D eigenvalue weighted by Crippen LogP contribution is -2.36. The van der Waals surface area contributed by atoms with Crippen molar-refractivity contribution in [2.45, 2.75) is 38.6 Å². The number of rotatable bonds is 6. The van der Waals surface area contributed by atoms with Crippen molar-refractivity contribution in [3.8, 4) is 0 Å². The van der Waals surface area contributed by atoms with Gasteiger partial charge in [0.1, 0.15) is 5.76 Å². The molecule has 148 valence electrons. The van der Waals surface area contributed by atoms with Gasteiger partial charge in [-0.2, -0.15) is 0 Å². The summed E-state index contributed by atoms with van der Waals surface area (Å²) in [5, 5.41) is 16.1. The van der Waals surface area contributed by atoms with Gasteiger partial charge in [0.2, 0.25) is 0 Å². The van der Waals surface area contributed by atoms with Gasteiger partial charge in [0.15, 0.2) is 5.96 Å². The molecule has 1 saturated heterocycles. The average molecular weight is 484 g/mol. The molecule has 2 heterocycles. The van der Waals surface area contributed by atoms with Crippen molar-refractivity contribution in [2.75, 3.05) is 20.1 Å². The highest BCUT2D eigenvalue weighted by Crippen LogP contribution is 2.14. The second-order valence-corrected chi connectivity index (χ2v) is 6.68. The number of nitrogens with one attached hydrogen (secondary N) is 2. The van der Waals surface area contributed by atoms with Gasteiger partial charge >= 0.3 is 0 Å². The van der Waals surface area contributed by atoms with Gasteiger partial charge in [-0.1, -0.05) is 24.3 Å². The molecule has 0 unspecified atom stereocenters. The Balaban J connectivity index is 0.00000261. The van der Waals surface area contributed by atoms with E-state index in [9.17, 15) is 5.11 Å². The maximum atomic E-state index is 9.59. The number of aliphatic imine (C=N–C) groups is 1. The van der Waals surface area contributed by atoms with Crippen LogP contribution < -0.4 is 10.6 Å². The molecule has 0 aliphatic carbocycles. The zero-order valence-electron chi connectivity index (χ0n) is 15.7. The molecule has 1 aromatic carbocycles. The van der Waals surface area contributed by atoms with E-state index in [1.165, 1.54) is 11.1 Å². The molecular weight excluding hydrogens is 455 g/mol. The molecular formula is C20H29IN4O2. The second kappa shape index (κ2) is 11.3. The van der Waals surface area contributed by atoms with Crippen molar-refractivity contribution in [1.82, 2.24) is 15.5 Å². The Hall–Kier alpha value is -1.58. The number of hydrogen-bond donors (Lipinski definition) is 3. The van der Waals surface area contributed by atoms with E-state index in [2.05, 4.69) is 44.8 Å². The minimum Gasteiger partial charge on any atom is -0.467 e. The number of hydrogen-bond acceptors (Lipinski definition) is 4. The molecule has 6 nitrogen and oxygen atoms in total. The van der Waals surface area contributed by atoms with Gasteiger partial charge in [0.05, 0.1) is 18.9 Å². The first kappa shape index (κ1) is 21.7. The number of guanidine groups is 1. The summed E-state index contributed by atoms with van der Waals surface area (Å²) in [6, 6.07) is 12.5. The standard InChI is InChI=1S/C20H28N4O2.HI/c1-21-20(23-14-19-3-2-12-26-19)22-13-16-4-6-17(7-5-16)15-24-10-8-18(25)9-11-24;/h2-7,12,18,25H,8-11,13-15H2,1H3,(H2,21,22,23);1H. The molecule has 7 heteroatoms. The van der Waals surface area contributed by atoms with Gasteiger partial charge in [-0.15, -0.1) is 24.0 Å². The predicted molar refractivity (Wildman–Crippen MR) is 118 cm³/mol. The van der Waals surface area contributed by atoms with Crippen LogP contribution in [0.3, 0.4) is 0 Å². The lowest BCUT2D eigenvalue weighted by molar-refractivity contribution is 0.0792. The van der Waals surface area contributed by atoms with E-state index in [-0.39, 0.29) is 30.1 Å². The van der Waals surface area contributed by atoms with Crippen molar-refractivity contribution in [3.63, 3.8) is 0 Å². The smallest absolute Gasteiger partial charge is 0.191 e. The molecule has 3 rings (SSSR count). The summed E-state index contributed by atoms with van der Waals surface area (Å²) in [6.45, 7) is 4.22.